The molecule has 3 N–H and O–H groups in total. The fraction of sp³-hybridized carbons (Fsp3) is 0.754. The number of carbonyl (C=O) groups is 1. The molecule has 0 fully saturated rings. The Kier molecular flexibility index (Phi) is 61.3. The molecule has 0 radical (unpaired) electrons. The molecular weight excluding hydrogens is 891 g/mol. The lowest BCUT2D eigenvalue weighted by Crippen LogP contribution is -2.45. The number of amides is 1. The zero-order valence-electron chi connectivity index (χ0n) is 48.6. The summed E-state index contributed by atoms with van der Waals surface area (Å²) < 4.78 is 0. The molecule has 0 rings (SSSR count). The van der Waals surface area contributed by atoms with Gasteiger partial charge in [0.1, 0.15) is 0 Å². The Balaban J connectivity index is 3.54. The van der Waals surface area contributed by atoms with Gasteiger partial charge in [0.15, 0.2) is 0 Å². The highest BCUT2D eigenvalue weighted by Gasteiger charge is 2.18. The van der Waals surface area contributed by atoms with Crippen LogP contribution in [0.15, 0.2) is 97.2 Å². The lowest BCUT2D eigenvalue weighted by molar-refractivity contribution is -0.123. The predicted octanol–water partition coefficient (Wildman–Crippen LogP) is 21.6. The van der Waals surface area contributed by atoms with E-state index in [2.05, 4.69) is 104 Å². The van der Waals surface area contributed by atoms with Gasteiger partial charge in [-0.25, -0.2) is 0 Å². The molecule has 4 nitrogen and oxygen atoms in total. The number of nitrogens with one attached hydrogen (secondary N) is 1. The van der Waals surface area contributed by atoms with Gasteiger partial charge in [0.25, 0.3) is 0 Å². The van der Waals surface area contributed by atoms with Crippen LogP contribution in [0.25, 0.3) is 0 Å². The number of aliphatic hydroxyl groups excluding tert-OH is 2. The highest BCUT2D eigenvalue weighted by Crippen LogP contribution is 2.17. The molecule has 0 aromatic heterocycles. The first-order valence-electron chi connectivity index (χ1n) is 32.0. The average molecular weight is 1010 g/mol. The number of aliphatic hydroxyl groups is 2. The number of allylic oxidation sites excluding steroid dienone is 15. The minimum atomic E-state index is -0.876. The molecule has 0 aliphatic carbocycles. The molecule has 2 atom stereocenters. The summed E-state index contributed by atoms with van der Waals surface area (Å²) in [5.74, 6) is -0.0769. The second-order valence-corrected chi connectivity index (χ2v) is 21.4. The number of hydrogen-bond donors (Lipinski definition) is 3. The fourth-order valence-corrected chi connectivity index (χ4v) is 9.48. The van der Waals surface area contributed by atoms with E-state index in [4.69, 9.17) is 0 Å². The van der Waals surface area contributed by atoms with Crippen LogP contribution in [0.3, 0.4) is 0 Å². The van der Waals surface area contributed by atoms with Crippen molar-refractivity contribution < 1.29 is 15.0 Å². The van der Waals surface area contributed by atoms with Crippen molar-refractivity contribution in [2.24, 2.45) is 0 Å². The molecular formula is C69H123NO3. The summed E-state index contributed by atoms with van der Waals surface area (Å²) in [7, 11) is 0. The second kappa shape index (κ2) is 63.6. The molecule has 0 aromatic carbocycles. The molecule has 0 aliphatic heterocycles. The van der Waals surface area contributed by atoms with Crippen LogP contribution in [0.4, 0.5) is 0 Å². The van der Waals surface area contributed by atoms with E-state index in [9.17, 15) is 15.0 Å². The van der Waals surface area contributed by atoms with Gasteiger partial charge in [-0.05, 0) is 89.9 Å². The third-order valence-corrected chi connectivity index (χ3v) is 14.3. The van der Waals surface area contributed by atoms with Gasteiger partial charge in [0, 0.05) is 6.42 Å². The lowest BCUT2D eigenvalue weighted by atomic mass is 10.0. The maximum Gasteiger partial charge on any atom is 0.220 e. The minimum Gasteiger partial charge on any atom is -0.394 e. The quantitative estimate of drug-likeness (QED) is 0.0420. The van der Waals surface area contributed by atoms with Gasteiger partial charge in [0.2, 0.25) is 5.91 Å². The van der Waals surface area contributed by atoms with Crippen LogP contribution in [0.1, 0.15) is 316 Å². The Hall–Kier alpha value is -2.69. The molecule has 0 saturated heterocycles. The molecule has 0 aromatic rings. The van der Waals surface area contributed by atoms with Gasteiger partial charge in [-0.15, -0.1) is 0 Å². The molecule has 0 heterocycles. The molecule has 0 aliphatic rings. The number of carbonyl (C=O) groups excluding carboxylic acids is 1. The van der Waals surface area contributed by atoms with Crippen LogP contribution in [-0.4, -0.2) is 34.9 Å². The van der Waals surface area contributed by atoms with Gasteiger partial charge in [-0.1, -0.05) is 317 Å². The zero-order chi connectivity index (χ0) is 52.7. The second-order valence-electron chi connectivity index (χ2n) is 21.4. The molecule has 2 unspecified atom stereocenters. The van der Waals surface area contributed by atoms with Gasteiger partial charge in [-0.3, -0.25) is 4.79 Å². The summed E-state index contributed by atoms with van der Waals surface area (Å²) in [6, 6.07) is -0.651. The van der Waals surface area contributed by atoms with Crippen LogP contribution < -0.4 is 5.32 Å². The van der Waals surface area contributed by atoms with Crippen molar-refractivity contribution >= 4 is 5.91 Å². The SMILES string of the molecule is CC/C=C\C/C=C\C/C=C\C/C=C\C/C=C\CCCCCCCCCCCCCCCCCCCC(=O)NC(CO)C(O)/C=C/CC/C=C/CC/C=C/CCCCCCCCCCCCCCCCCCCC. The van der Waals surface area contributed by atoms with E-state index in [-0.39, 0.29) is 12.5 Å². The van der Waals surface area contributed by atoms with Crippen molar-refractivity contribution in [1.29, 1.82) is 0 Å². The van der Waals surface area contributed by atoms with E-state index in [0.29, 0.717) is 6.42 Å². The summed E-state index contributed by atoms with van der Waals surface area (Å²) in [5.41, 5.74) is 0. The van der Waals surface area contributed by atoms with E-state index in [1.54, 1.807) is 6.08 Å². The summed E-state index contributed by atoms with van der Waals surface area (Å²) in [4.78, 5) is 12.5. The Bertz CT molecular complexity index is 1330. The normalized spacial score (nSPS) is 13.4. The van der Waals surface area contributed by atoms with Gasteiger partial charge in [0.05, 0.1) is 18.8 Å². The molecule has 0 bridgehead atoms. The van der Waals surface area contributed by atoms with E-state index in [1.165, 1.54) is 225 Å². The third-order valence-electron chi connectivity index (χ3n) is 14.3. The summed E-state index contributed by atoms with van der Waals surface area (Å²) in [6.07, 6.45) is 94.6. The zero-order valence-corrected chi connectivity index (χ0v) is 48.6. The van der Waals surface area contributed by atoms with Gasteiger partial charge in [-0.2, -0.15) is 0 Å². The van der Waals surface area contributed by atoms with Crippen LogP contribution >= 0.6 is 0 Å². The van der Waals surface area contributed by atoms with Crippen molar-refractivity contribution in [3.63, 3.8) is 0 Å². The fourth-order valence-electron chi connectivity index (χ4n) is 9.48. The summed E-state index contributed by atoms with van der Waals surface area (Å²) in [5, 5.41) is 23.2. The van der Waals surface area contributed by atoms with Gasteiger partial charge >= 0.3 is 0 Å². The Morgan fingerprint density at radius 1 is 0.342 bits per heavy atom. The lowest BCUT2D eigenvalue weighted by Gasteiger charge is -2.19. The average Bonchev–Trinajstić information content (AvgIpc) is 3.40. The minimum absolute atomic E-state index is 0.0769. The molecule has 4 heteroatoms. The maximum absolute atomic E-state index is 12.5. The summed E-state index contributed by atoms with van der Waals surface area (Å²) >= 11 is 0. The highest BCUT2D eigenvalue weighted by atomic mass is 16.3. The van der Waals surface area contributed by atoms with Crippen molar-refractivity contribution in [2.45, 2.75) is 328 Å². The molecule has 422 valence electrons. The monoisotopic (exact) mass is 1010 g/mol. The van der Waals surface area contributed by atoms with E-state index < -0.39 is 12.1 Å². The standard InChI is InChI=1S/C69H123NO3/c1-3-5-7-9-11-13-15-17-19-21-23-25-27-29-31-33-34-35-36-37-39-41-43-45-47-49-51-53-55-57-59-61-63-65-69(73)70-67(66-71)68(72)64-62-60-58-56-54-52-50-48-46-44-42-40-38-32-30-28-26-24-22-20-18-16-14-12-10-8-6-4-2/h5,7,11,13,17,19,23,25,29,31,46,48,54,56,62,64,67-68,71-72H,3-4,6,8-10,12,14-16,18,20-22,24,26-28,30,32-45,47,49-53,55,57-61,63,65-66H2,1-2H3,(H,70,73)/b7-5-,13-11-,19-17-,25-23-,31-29-,48-46+,56-54+,64-62+. The van der Waals surface area contributed by atoms with Crippen LogP contribution in [0, 0.1) is 0 Å². The van der Waals surface area contributed by atoms with Crippen molar-refractivity contribution in [1.82, 2.24) is 5.32 Å². The topological polar surface area (TPSA) is 69.6 Å². The summed E-state index contributed by atoms with van der Waals surface area (Å²) in [6.45, 7) is 4.20. The molecule has 1 amide bonds. The van der Waals surface area contributed by atoms with E-state index in [1.807, 2.05) is 6.08 Å². The third kappa shape index (κ3) is 60.1. The first-order valence-corrected chi connectivity index (χ1v) is 32.0. The number of hydrogen-bond acceptors (Lipinski definition) is 3. The van der Waals surface area contributed by atoms with Crippen LogP contribution in [-0.2, 0) is 4.79 Å². The Morgan fingerprint density at radius 3 is 0.959 bits per heavy atom. The van der Waals surface area contributed by atoms with Gasteiger partial charge < -0.3 is 15.5 Å². The van der Waals surface area contributed by atoms with Crippen molar-refractivity contribution in [2.75, 3.05) is 6.61 Å². The molecule has 0 saturated carbocycles. The molecule has 0 spiro atoms. The first kappa shape index (κ1) is 70.3. The Morgan fingerprint density at radius 2 is 0.616 bits per heavy atom. The Labute approximate surface area is 455 Å². The molecule has 73 heavy (non-hydrogen) atoms. The van der Waals surface area contributed by atoms with E-state index in [0.717, 1.165) is 70.6 Å². The number of unbranched alkanes of at least 4 members (excludes halogenated alkanes) is 37. The largest absolute Gasteiger partial charge is 0.394 e. The van der Waals surface area contributed by atoms with Crippen LogP contribution in [0.5, 0.6) is 0 Å². The highest BCUT2D eigenvalue weighted by molar-refractivity contribution is 5.76. The van der Waals surface area contributed by atoms with Crippen molar-refractivity contribution in [3.05, 3.63) is 97.2 Å². The van der Waals surface area contributed by atoms with Crippen molar-refractivity contribution in [3.8, 4) is 0 Å². The van der Waals surface area contributed by atoms with E-state index >= 15 is 0 Å². The smallest absolute Gasteiger partial charge is 0.220 e. The first-order chi connectivity index (χ1) is 36.2. The predicted molar refractivity (Wildman–Crippen MR) is 326 cm³/mol. The van der Waals surface area contributed by atoms with Crippen LogP contribution in [0.2, 0.25) is 0 Å². The maximum atomic E-state index is 12.5. The number of rotatable bonds is 58.